The molecule has 2 N–H and O–H groups in total. The highest BCUT2D eigenvalue weighted by Gasteiger charge is 2.47. The maximum Gasteiger partial charge on any atom is 0.300 e. The molecule has 0 radical (unpaired) electrons. The number of Topliss-reactive ketones (excluding diaryl/α,β-unsaturated/α-hetero) is 1. The normalized spacial score (nSPS) is 18.1. The van der Waals surface area contributed by atoms with Gasteiger partial charge in [0.05, 0.1) is 11.6 Å². The Morgan fingerprint density at radius 1 is 0.967 bits per heavy atom. The first kappa shape index (κ1) is 19.9. The van der Waals surface area contributed by atoms with Gasteiger partial charge in [0.1, 0.15) is 11.5 Å². The number of aliphatic hydroxyl groups excluding tert-OH is 1. The van der Waals surface area contributed by atoms with Crippen LogP contribution in [-0.2, 0) is 9.59 Å². The number of phenolic OH excluding ortho intramolecular Hbond substituents is 1. The first-order chi connectivity index (χ1) is 14.4. The SMILES string of the molecule is Cc1ccc(N2C(=O)C(=O)/C(=C(\O)c3ccccc3)C2c2cccc(O)c2)cc1Br. The van der Waals surface area contributed by atoms with Gasteiger partial charge in [0.15, 0.2) is 0 Å². The molecule has 0 bridgehead atoms. The number of hydrogen-bond donors (Lipinski definition) is 2. The molecular formula is C24H18BrNO4. The van der Waals surface area contributed by atoms with Gasteiger partial charge >= 0.3 is 0 Å². The van der Waals surface area contributed by atoms with E-state index in [4.69, 9.17) is 0 Å². The number of ketones is 1. The molecule has 3 aromatic rings. The summed E-state index contributed by atoms with van der Waals surface area (Å²) >= 11 is 3.47. The summed E-state index contributed by atoms with van der Waals surface area (Å²) in [6.45, 7) is 1.92. The molecule has 0 aliphatic carbocycles. The minimum absolute atomic E-state index is 0.00267. The van der Waals surface area contributed by atoms with E-state index in [1.54, 1.807) is 54.6 Å². The van der Waals surface area contributed by atoms with Gasteiger partial charge in [-0.2, -0.15) is 0 Å². The topological polar surface area (TPSA) is 77.8 Å². The summed E-state index contributed by atoms with van der Waals surface area (Å²) in [6, 6.07) is 19.5. The molecule has 3 aromatic carbocycles. The fourth-order valence-electron chi connectivity index (χ4n) is 3.59. The van der Waals surface area contributed by atoms with Crippen LogP contribution in [-0.4, -0.2) is 21.9 Å². The van der Waals surface area contributed by atoms with Crippen molar-refractivity contribution < 1.29 is 19.8 Å². The molecule has 150 valence electrons. The Morgan fingerprint density at radius 2 is 1.70 bits per heavy atom. The number of phenols is 1. The zero-order valence-electron chi connectivity index (χ0n) is 16.0. The molecule has 1 heterocycles. The fourth-order valence-corrected chi connectivity index (χ4v) is 3.96. The number of anilines is 1. The molecule has 1 fully saturated rings. The van der Waals surface area contributed by atoms with E-state index in [1.165, 1.54) is 17.0 Å². The summed E-state index contributed by atoms with van der Waals surface area (Å²) in [6.07, 6.45) is 0. The second-order valence-electron chi connectivity index (χ2n) is 7.06. The third kappa shape index (κ3) is 3.39. The van der Waals surface area contributed by atoms with Crippen molar-refractivity contribution in [3.8, 4) is 5.75 Å². The lowest BCUT2D eigenvalue weighted by molar-refractivity contribution is -0.132. The predicted octanol–water partition coefficient (Wildman–Crippen LogP) is 5.09. The second-order valence-corrected chi connectivity index (χ2v) is 7.92. The van der Waals surface area contributed by atoms with Crippen molar-refractivity contribution in [1.82, 2.24) is 0 Å². The van der Waals surface area contributed by atoms with Gasteiger partial charge in [-0.3, -0.25) is 14.5 Å². The van der Waals surface area contributed by atoms with E-state index in [1.807, 2.05) is 13.0 Å². The Hall–Kier alpha value is -3.38. The number of carbonyl (C=O) groups excluding carboxylic acids is 2. The second kappa shape index (κ2) is 7.80. The van der Waals surface area contributed by atoms with Gasteiger partial charge in [-0.15, -0.1) is 0 Å². The van der Waals surface area contributed by atoms with Gasteiger partial charge in [0.25, 0.3) is 11.7 Å². The lowest BCUT2D eigenvalue weighted by Gasteiger charge is -2.26. The molecule has 30 heavy (non-hydrogen) atoms. The molecule has 1 amide bonds. The first-order valence-corrected chi connectivity index (χ1v) is 10.1. The fraction of sp³-hybridized carbons (Fsp3) is 0.0833. The number of aryl methyl sites for hydroxylation is 1. The number of benzene rings is 3. The van der Waals surface area contributed by atoms with Gasteiger partial charge in [-0.05, 0) is 42.3 Å². The summed E-state index contributed by atoms with van der Waals surface area (Å²) in [5, 5.41) is 21.0. The number of carbonyl (C=O) groups is 2. The van der Waals surface area contributed by atoms with E-state index in [0.29, 0.717) is 16.8 Å². The molecule has 0 saturated carbocycles. The Balaban J connectivity index is 1.97. The van der Waals surface area contributed by atoms with E-state index in [0.717, 1.165) is 10.0 Å². The molecular weight excluding hydrogens is 446 g/mol. The first-order valence-electron chi connectivity index (χ1n) is 9.30. The molecule has 1 aliphatic heterocycles. The summed E-state index contributed by atoms with van der Waals surface area (Å²) in [5.41, 5.74) is 2.42. The monoisotopic (exact) mass is 463 g/mol. The zero-order valence-corrected chi connectivity index (χ0v) is 17.6. The van der Waals surface area contributed by atoms with Crippen LogP contribution in [0.2, 0.25) is 0 Å². The van der Waals surface area contributed by atoms with E-state index in [-0.39, 0.29) is 17.1 Å². The van der Waals surface area contributed by atoms with Crippen molar-refractivity contribution in [2.24, 2.45) is 0 Å². The molecule has 1 atom stereocenters. The highest BCUT2D eigenvalue weighted by Crippen LogP contribution is 2.43. The van der Waals surface area contributed by atoms with E-state index in [9.17, 15) is 19.8 Å². The van der Waals surface area contributed by atoms with Crippen LogP contribution in [0.5, 0.6) is 5.75 Å². The highest BCUT2D eigenvalue weighted by atomic mass is 79.9. The van der Waals surface area contributed by atoms with Crippen molar-refractivity contribution in [3.05, 3.63) is 99.5 Å². The van der Waals surface area contributed by atoms with Crippen LogP contribution >= 0.6 is 15.9 Å². The summed E-state index contributed by atoms with van der Waals surface area (Å²) in [4.78, 5) is 27.5. The molecule has 1 unspecified atom stereocenters. The number of rotatable bonds is 3. The largest absolute Gasteiger partial charge is 0.508 e. The average Bonchev–Trinajstić information content (AvgIpc) is 3.01. The molecule has 4 rings (SSSR count). The van der Waals surface area contributed by atoms with E-state index in [2.05, 4.69) is 15.9 Å². The number of halogens is 1. The summed E-state index contributed by atoms with van der Waals surface area (Å²) in [7, 11) is 0. The predicted molar refractivity (Wildman–Crippen MR) is 118 cm³/mol. The van der Waals surface area contributed by atoms with Gasteiger partial charge in [0, 0.05) is 15.7 Å². The van der Waals surface area contributed by atoms with Gasteiger partial charge in [-0.1, -0.05) is 64.5 Å². The van der Waals surface area contributed by atoms with Crippen LogP contribution in [0.25, 0.3) is 5.76 Å². The molecule has 1 saturated heterocycles. The number of amides is 1. The zero-order chi connectivity index (χ0) is 21.4. The van der Waals surface area contributed by atoms with Crippen LogP contribution in [0.1, 0.15) is 22.7 Å². The van der Waals surface area contributed by atoms with E-state index < -0.39 is 17.7 Å². The van der Waals surface area contributed by atoms with E-state index >= 15 is 0 Å². The molecule has 0 spiro atoms. The van der Waals surface area contributed by atoms with Crippen LogP contribution in [0.4, 0.5) is 5.69 Å². The number of aliphatic hydroxyl groups is 1. The smallest absolute Gasteiger partial charge is 0.300 e. The van der Waals surface area contributed by atoms with Gasteiger partial charge < -0.3 is 10.2 Å². The molecule has 6 heteroatoms. The van der Waals surface area contributed by atoms with Crippen molar-refractivity contribution in [2.45, 2.75) is 13.0 Å². The number of hydrogen-bond acceptors (Lipinski definition) is 4. The molecule has 0 aromatic heterocycles. The molecule has 1 aliphatic rings. The van der Waals surface area contributed by atoms with Crippen molar-refractivity contribution in [1.29, 1.82) is 0 Å². The van der Waals surface area contributed by atoms with Crippen molar-refractivity contribution in [3.63, 3.8) is 0 Å². The molecule has 5 nitrogen and oxygen atoms in total. The Labute approximate surface area is 182 Å². The average molecular weight is 464 g/mol. The number of nitrogens with zero attached hydrogens (tertiary/aromatic N) is 1. The highest BCUT2D eigenvalue weighted by molar-refractivity contribution is 9.10. The quantitative estimate of drug-likeness (QED) is 0.322. The van der Waals surface area contributed by atoms with Gasteiger partial charge in [0.2, 0.25) is 0 Å². The Morgan fingerprint density at radius 3 is 2.37 bits per heavy atom. The lowest BCUT2D eigenvalue weighted by Crippen LogP contribution is -2.29. The van der Waals surface area contributed by atoms with Crippen LogP contribution < -0.4 is 4.90 Å². The van der Waals surface area contributed by atoms with Crippen molar-refractivity contribution >= 4 is 39.1 Å². The standard InChI is InChI=1S/C24H18BrNO4/c1-14-10-11-17(13-19(14)25)26-21(16-8-5-9-18(27)12-16)20(23(29)24(26)30)22(28)15-6-3-2-4-7-15/h2-13,21,27-28H,1H3/b22-20-. The maximum absolute atomic E-state index is 13.1. The Kier molecular flexibility index (Phi) is 5.18. The third-order valence-electron chi connectivity index (χ3n) is 5.11. The summed E-state index contributed by atoms with van der Waals surface area (Å²) < 4.78 is 0.791. The number of aromatic hydroxyl groups is 1. The summed E-state index contributed by atoms with van der Waals surface area (Å²) in [5.74, 6) is -1.77. The minimum Gasteiger partial charge on any atom is -0.508 e. The Bertz CT molecular complexity index is 1190. The lowest BCUT2D eigenvalue weighted by atomic mass is 9.95. The van der Waals surface area contributed by atoms with Gasteiger partial charge in [-0.25, -0.2) is 0 Å². The van der Waals surface area contributed by atoms with Crippen LogP contribution in [0.3, 0.4) is 0 Å². The van der Waals surface area contributed by atoms with Crippen molar-refractivity contribution in [2.75, 3.05) is 4.90 Å². The minimum atomic E-state index is -0.882. The maximum atomic E-state index is 13.1. The van der Waals surface area contributed by atoms with Crippen LogP contribution in [0.15, 0.2) is 82.8 Å². The third-order valence-corrected chi connectivity index (χ3v) is 5.97. The van der Waals surface area contributed by atoms with Crippen LogP contribution in [0, 0.1) is 6.92 Å².